The Morgan fingerprint density at radius 3 is 2.50 bits per heavy atom. The molecule has 0 radical (unpaired) electrons. The fraction of sp³-hybridized carbons (Fsp3) is 0.320. The van der Waals surface area contributed by atoms with Crippen molar-refractivity contribution in [1.82, 2.24) is 19.3 Å². The Morgan fingerprint density at radius 2 is 1.75 bits per heavy atom. The Bertz CT molecular complexity index is 1290. The minimum atomic E-state index is -0.246. The van der Waals surface area contributed by atoms with Gasteiger partial charge in [0.25, 0.3) is 5.56 Å². The maximum atomic E-state index is 12.8. The number of aryl methyl sites for hydroxylation is 1. The van der Waals surface area contributed by atoms with E-state index in [1.807, 2.05) is 36.4 Å². The second kappa shape index (κ2) is 8.79. The van der Waals surface area contributed by atoms with Crippen molar-refractivity contribution in [1.29, 1.82) is 0 Å². The van der Waals surface area contributed by atoms with Crippen LogP contribution in [-0.4, -0.2) is 32.4 Å². The maximum absolute atomic E-state index is 12.8. The molecule has 0 N–H and O–H groups in total. The first kappa shape index (κ1) is 20.8. The molecule has 6 nitrogen and oxygen atoms in total. The van der Waals surface area contributed by atoms with Crippen molar-refractivity contribution in [3.63, 3.8) is 0 Å². The van der Waals surface area contributed by atoms with Crippen LogP contribution < -0.4 is 10.5 Å². The third-order valence-corrected chi connectivity index (χ3v) is 6.65. The lowest BCUT2D eigenvalue weighted by Gasteiger charge is -2.35. The first-order chi connectivity index (χ1) is 15.7. The van der Waals surface area contributed by atoms with Gasteiger partial charge in [0, 0.05) is 25.6 Å². The van der Waals surface area contributed by atoms with Crippen molar-refractivity contribution in [3.05, 3.63) is 87.6 Å². The number of para-hydroxylation sites is 2. The largest absolute Gasteiger partial charge is 0.369 e. The van der Waals surface area contributed by atoms with Crippen LogP contribution in [0.3, 0.4) is 0 Å². The number of imidazole rings is 1. The molecule has 0 atom stereocenters. The third kappa shape index (κ3) is 3.79. The average molecular weight is 448 g/mol. The smallest absolute Gasteiger partial charge is 0.287 e. The highest BCUT2D eigenvalue weighted by atomic mass is 35.5. The Hall–Kier alpha value is -3.12. The van der Waals surface area contributed by atoms with Gasteiger partial charge in [0.1, 0.15) is 10.8 Å². The molecule has 0 bridgehead atoms. The van der Waals surface area contributed by atoms with Crippen LogP contribution in [0.4, 0.5) is 5.69 Å². The van der Waals surface area contributed by atoms with Crippen molar-refractivity contribution in [2.45, 2.75) is 38.8 Å². The summed E-state index contributed by atoms with van der Waals surface area (Å²) < 4.78 is 3.84. The van der Waals surface area contributed by atoms with Gasteiger partial charge in [-0.1, -0.05) is 61.0 Å². The lowest BCUT2D eigenvalue weighted by atomic mass is 10.0. The van der Waals surface area contributed by atoms with Crippen molar-refractivity contribution in [2.75, 3.05) is 18.0 Å². The molecule has 32 heavy (non-hydrogen) atoms. The fourth-order valence-electron chi connectivity index (χ4n) is 4.66. The monoisotopic (exact) mass is 447 g/mol. The summed E-state index contributed by atoms with van der Waals surface area (Å²) in [5.41, 5.74) is 3.76. The minimum absolute atomic E-state index is 0.246. The topological polar surface area (TPSA) is 56.0 Å². The van der Waals surface area contributed by atoms with E-state index in [4.69, 9.17) is 16.6 Å². The molecule has 1 aliphatic heterocycles. The quantitative estimate of drug-likeness (QED) is 0.445. The van der Waals surface area contributed by atoms with Gasteiger partial charge in [-0.05, 0) is 30.5 Å². The molecule has 2 aromatic carbocycles. The summed E-state index contributed by atoms with van der Waals surface area (Å²) in [4.78, 5) is 19.9. The fourth-order valence-corrected chi connectivity index (χ4v) is 4.93. The van der Waals surface area contributed by atoms with Gasteiger partial charge in [0.15, 0.2) is 0 Å². The zero-order valence-corrected chi connectivity index (χ0v) is 18.9. The van der Waals surface area contributed by atoms with E-state index >= 15 is 0 Å². The van der Waals surface area contributed by atoms with E-state index in [1.54, 1.807) is 6.20 Å². The summed E-state index contributed by atoms with van der Waals surface area (Å²) in [5, 5.41) is 4.66. The second-order valence-corrected chi connectivity index (χ2v) is 8.63. The van der Waals surface area contributed by atoms with Crippen LogP contribution in [0.1, 0.15) is 37.2 Å². The van der Waals surface area contributed by atoms with Crippen LogP contribution in [-0.2, 0) is 13.0 Å². The highest BCUT2D eigenvalue weighted by molar-refractivity contribution is 6.33. The molecule has 1 aliphatic rings. The van der Waals surface area contributed by atoms with Crippen molar-refractivity contribution in [2.24, 2.45) is 0 Å². The summed E-state index contributed by atoms with van der Waals surface area (Å²) >= 11 is 6.53. The molecule has 3 heterocycles. The van der Waals surface area contributed by atoms with E-state index in [2.05, 4.69) is 39.7 Å². The van der Waals surface area contributed by atoms with Crippen LogP contribution in [0.15, 0.2) is 65.6 Å². The zero-order chi connectivity index (χ0) is 22.1. The summed E-state index contributed by atoms with van der Waals surface area (Å²) in [7, 11) is 0. The van der Waals surface area contributed by atoms with E-state index in [1.165, 1.54) is 10.2 Å². The Balaban J connectivity index is 1.35. The van der Waals surface area contributed by atoms with Crippen molar-refractivity contribution >= 4 is 28.3 Å². The first-order valence-corrected chi connectivity index (χ1v) is 11.5. The Morgan fingerprint density at radius 1 is 1.03 bits per heavy atom. The molecule has 1 saturated heterocycles. The lowest BCUT2D eigenvalue weighted by Crippen LogP contribution is -2.37. The third-order valence-electron chi connectivity index (χ3n) is 6.30. The molecule has 4 aromatic rings. The molecular weight excluding hydrogens is 422 g/mol. The first-order valence-electron chi connectivity index (χ1n) is 11.2. The lowest BCUT2D eigenvalue weighted by molar-refractivity contribution is 0.394. The van der Waals surface area contributed by atoms with Crippen LogP contribution in [0, 0.1) is 0 Å². The van der Waals surface area contributed by atoms with Crippen molar-refractivity contribution < 1.29 is 0 Å². The molecule has 1 fully saturated rings. The van der Waals surface area contributed by atoms with Gasteiger partial charge in [0.2, 0.25) is 0 Å². The van der Waals surface area contributed by atoms with Gasteiger partial charge in [-0.2, -0.15) is 5.10 Å². The second-order valence-electron chi connectivity index (χ2n) is 8.25. The summed E-state index contributed by atoms with van der Waals surface area (Å²) in [5.74, 6) is 1.13. The van der Waals surface area contributed by atoms with E-state index in [9.17, 15) is 4.79 Å². The molecule has 7 heteroatoms. The molecule has 2 aromatic heterocycles. The average Bonchev–Trinajstić information content (AvgIpc) is 3.22. The number of aromatic nitrogens is 4. The Labute approximate surface area is 192 Å². The molecule has 0 saturated carbocycles. The van der Waals surface area contributed by atoms with Crippen LogP contribution in [0.5, 0.6) is 0 Å². The van der Waals surface area contributed by atoms with Gasteiger partial charge >= 0.3 is 0 Å². The minimum Gasteiger partial charge on any atom is -0.369 e. The van der Waals surface area contributed by atoms with Gasteiger partial charge in [0.05, 0.1) is 29.5 Å². The molecule has 0 spiro atoms. The summed E-state index contributed by atoms with van der Waals surface area (Å²) in [6, 6.07) is 18.5. The van der Waals surface area contributed by atoms with E-state index in [0.717, 1.165) is 54.9 Å². The van der Waals surface area contributed by atoms with Gasteiger partial charge < -0.3 is 9.47 Å². The maximum Gasteiger partial charge on any atom is 0.287 e. The number of rotatable bonds is 5. The summed E-state index contributed by atoms with van der Waals surface area (Å²) in [6.45, 7) is 4.21. The van der Waals surface area contributed by atoms with E-state index in [0.29, 0.717) is 12.6 Å². The van der Waals surface area contributed by atoms with Gasteiger partial charge in [-0.25, -0.2) is 9.67 Å². The highest BCUT2D eigenvalue weighted by Gasteiger charge is 2.26. The number of fused-ring (bicyclic) bond motifs is 1. The number of anilines is 1. The highest BCUT2D eigenvalue weighted by Crippen LogP contribution is 2.32. The molecule has 164 valence electrons. The molecule has 5 rings (SSSR count). The molecular formula is C25H26ClN5O. The Kier molecular flexibility index (Phi) is 5.70. The number of benzene rings is 2. The normalized spacial score (nSPS) is 14.9. The van der Waals surface area contributed by atoms with Crippen molar-refractivity contribution in [3.8, 4) is 0 Å². The predicted octanol–water partition coefficient (Wildman–Crippen LogP) is 4.70. The number of nitrogens with zero attached hydrogens (tertiary/aromatic N) is 5. The number of hydrogen-bond acceptors (Lipinski definition) is 4. The standard InChI is InChI=1S/C25H26ClN5O/c1-2-23-28-20-10-6-7-11-21(20)31(23)19-12-14-29(15-13-19)22-16-27-30(25(32)24(22)26)17-18-8-4-3-5-9-18/h3-11,16,19H,2,12-15,17H2,1H3. The number of hydrogen-bond donors (Lipinski definition) is 0. The predicted molar refractivity (Wildman–Crippen MR) is 129 cm³/mol. The van der Waals surface area contributed by atoms with E-state index < -0.39 is 0 Å². The zero-order valence-electron chi connectivity index (χ0n) is 18.1. The number of piperidine rings is 1. The van der Waals surface area contributed by atoms with Crippen LogP contribution in [0.2, 0.25) is 5.02 Å². The van der Waals surface area contributed by atoms with Gasteiger partial charge in [-0.3, -0.25) is 4.79 Å². The molecule has 0 unspecified atom stereocenters. The molecule has 0 amide bonds. The van der Waals surface area contributed by atoms with Crippen LogP contribution in [0.25, 0.3) is 11.0 Å². The van der Waals surface area contributed by atoms with Crippen LogP contribution >= 0.6 is 11.6 Å². The number of halogens is 1. The molecule has 0 aliphatic carbocycles. The van der Waals surface area contributed by atoms with E-state index in [-0.39, 0.29) is 10.6 Å². The SMILES string of the molecule is CCc1nc2ccccc2n1C1CCN(c2cnn(Cc3ccccc3)c(=O)c2Cl)CC1. The van der Waals surface area contributed by atoms with Gasteiger partial charge in [-0.15, -0.1) is 0 Å². The summed E-state index contributed by atoms with van der Waals surface area (Å²) in [6.07, 6.45) is 4.58.